The summed E-state index contributed by atoms with van der Waals surface area (Å²) in [7, 11) is 0. The number of fused-ring (bicyclic) bond motifs is 18. The van der Waals surface area contributed by atoms with Gasteiger partial charge in [0, 0.05) is 54.5 Å². The van der Waals surface area contributed by atoms with E-state index in [4.69, 9.17) is 0 Å². The molecule has 0 aliphatic carbocycles. The number of aromatic nitrogens is 3. The van der Waals surface area contributed by atoms with Crippen LogP contribution in [-0.2, 0) is 0 Å². The average molecular weight is 826 g/mol. The SMILES string of the molecule is O=c1c2ccccc2c2cccc3c4cc(-c5ccc6c7ccccc7c7ccc(-n8c9ccccc9c9c%10c%11ccccc%11n(-c%11ccccc%11)c%10ccc98)cc7c6c5)ccc4n1c23. The molecule has 11 aromatic carbocycles. The molecule has 4 heterocycles. The number of hydrogen-bond acceptors (Lipinski definition) is 1. The van der Waals surface area contributed by atoms with Crippen LogP contribution in [0.4, 0.5) is 0 Å². The molecule has 4 aromatic heterocycles. The van der Waals surface area contributed by atoms with Gasteiger partial charge in [0.1, 0.15) is 0 Å². The predicted molar refractivity (Wildman–Crippen MR) is 274 cm³/mol. The Morgan fingerprint density at radius 1 is 0.262 bits per heavy atom. The molecule has 0 spiro atoms. The van der Waals surface area contributed by atoms with Crippen molar-refractivity contribution in [3.63, 3.8) is 0 Å². The van der Waals surface area contributed by atoms with Crippen molar-refractivity contribution in [2.75, 3.05) is 0 Å². The first-order chi connectivity index (χ1) is 32.2. The van der Waals surface area contributed by atoms with E-state index in [9.17, 15) is 4.79 Å². The fourth-order valence-electron chi connectivity index (χ4n) is 11.6. The van der Waals surface area contributed by atoms with Crippen molar-refractivity contribution in [2.24, 2.45) is 0 Å². The molecule has 65 heavy (non-hydrogen) atoms. The number of pyridine rings is 1. The largest absolute Gasteiger partial charge is 0.309 e. The monoisotopic (exact) mass is 825 g/mol. The summed E-state index contributed by atoms with van der Waals surface area (Å²) < 4.78 is 6.80. The minimum atomic E-state index is 0.0264. The highest BCUT2D eigenvalue weighted by atomic mass is 16.1. The Kier molecular flexibility index (Phi) is 6.79. The molecule has 0 aliphatic heterocycles. The van der Waals surface area contributed by atoms with Gasteiger partial charge in [0.05, 0.1) is 33.1 Å². The van der Waals surface area contributed by atoms with Gasteiger partial charge in [-0.25, -0.2) is 0 Å². The molecule has 15 rings (SSSR count). The Morgan fingerprint density at radius 2 is 0.708 bits per heavy atom. The standard InChI is InChI=1S/C61H35N3O/c65-61-47-18-7-6-17-42(47)45-21-12-22-46-52-34-37(26-30-55(52)64(61)60(45)46)36-25-28-43-40-15-4-5-16-41(40)44-29-27-39(35-51(44)50(43)33-36)63-54-24-11-9-20-49(54)59-57(63)32-31-56-58(59)48-19-8-10-23-53(48)62(56)38-13-2-1-3-14-38/h1-35H. The third kappa shape index (κ3) is 4.57. The molecular weight excluding hydrogens is 791 g/mol. The van der Waals surface area contributed by atoms with Gasteiger partial charge in [-0.15, -0.1) is 0 Å². The first-order valence-corrected chi connectivity index (χ1v) is 22.3. The van der Waals surface area contributed by atoms with E-state index in [1.165, 1.54) is 75.9 Å². The van der Waals surface area contributed by atoms with E-state index in [0.717, 1.165) is 60.5 Å². The van der Waals surface area contributed by atoms with Crippen LogP contribution in [0.15, 0.2) is 217 Å². The topological polar surface area (TPSA) is 31.3 Å². The summed E-state index contributed by atoms with van der Waals surface area (Å²) in [4.78, 5) is 14.1. The van der Waals surface area contributed by atoms with E-state index < -0.39 is 0 Å². The van der Waals surface area contributed by atoms with Crippen molar-refractivity contribution in [3.05, 3.63) is 223 Å². The van der Waals surface area contributed by atoms with E-state index in [1.54, 1.807) is 0 Å². The maximum absolute atomic E-state index is 14.1. The van der Waals surface area contributed by atoms with Crippen LogP contribution in [0, 0.1) is 0 Å². The van der Waals surface area contributed by atoms with Gasteiger partial charge in [0.25, 0.3) is 5.56 Å². The first-order valence-electron chi connectivity index (χ1n) is 22.3. The van der Waals surface area contributed by atoms with E-state index in [1.807, 2.05) is 22.6 Å². The second-order valence-corrected chi connectivity index (χ2v) is 17.6. The van der Waals surface area contributed by atoms with Crippen LogP contribution in [0.25, 0.3) is 136 Å². The van der Waals surface area contributed by atoms with E-state index >= 15 is 0 Å². The molecule has 300 valence electrons. The van der Waals surface area contributed by atoms with Crippen molar-refractivity contribution in [1.82, 2.24) is 13.5 Å². The minimum absolute atomic E-state index is 0.0264. The molecule has 0 N–H and O–H groups in total. The zero-order chi connectivity index (χ0) is 42.5. The maximum atomic E-state index is 14.1. The Labute approximate surface area is 371 Å². The van der Waals surface area contributed by atoms with E-state index in [0.29, 0.717) is 0 Å². The maximum Gasteiger partial charge on any atom is 0.263 e. The van der Waals surface area contributed by atoms with Crippen molar-refractivity contribution in [1.29, 1.82) is 0 Å². The van der Waals surface area contributed by atoms with Crippen LogP contribution in [0.3, 0.4) is 0 Å². The second-order valence-electron chi connectivity index (χ2n) is 17.6. The van der Waals surface area contributed by atoms with Crippen molar-refractivity contribution < 1.29 is 0 Å². The molecule has 0 amide bonds. The molecular formula is C61H35N3O. The molecule has 0 atom stereocenters. The Hall–Kier alpha value is -8.73. The fraction of sp³-hybridized carbons (Fsp3) is 0. The third-order valence-corrected chi connectivity index (χ3v) is 14.3. The Morgan fingerprint density at radius 3 is 1.37 bits per heavy atom. The molecule has 4 nitrogen and oxygen atoms in total. The normalized spacial score (nSPS) is 12.4. The van der Waals surface area contributed by atoms with Crippen LogP contribution < -0.4 is 5.56 Å². The summed E-state index contributed by atoms with van der Waals surface area (Å²) in [5.41, 5.74) is 11.2. The predicted octanol–water partition coefficient (Wildman–Crippen LogP) is 15.5. The van der Waals surface area contributed by atoms with Gasteiger partial charge in [0.15, 0.2) is 0 Å². The molecule has 4 heteroatoms. The average Bonchev–Trinajstić information content (AvgIpc) is 4.01. The Bertz CT molecular complexity index is 4610. The number of rotatable bonds is 3. The molecule has 0 saturated heterocycles. The summed E-state index contributed by atoms with van der Waals surface area (Å²) >= 11 is 0. The quantitative estimate of drug-likeness (QED) is 0.163. The van der Waals surface area contributed by atoms with Crippen LogP contribution >= 0.6 is 0 Å². The van der Waals surface area contributed by atoms with E-state index in [-0.39, 0.29) is 5.56 Å². The zero-order valence-corrected chi connectivity index (χ0v) is 35.0. The van der Waals surface area contributed by atoms with Gasteiger partial charge in [-0.3, -0.25) is 9.20 Å². The highest BCUT2D eigenvalue weighted by Gasteiger charge is 2.22. The fourth-order valence-corrected chi connectivity index (χ4v) is 11.6. The van der Waals surface area contributed by atoms with Crippen LogP contribution in [0.2, 0.25) is 0 Å². The van der Waals surface area contributed by atoms with Gasteiger partial charge in [0.2, 0.25) is 0 Å². The summed E-state index contributed by atoms with van der Waals surface area (Å²) in [6.07, 6.45) is 0. The molecule has 0 fully saturated rings. The smallest absolute Gasteiger partial charge is 0.263 e. The van der Waals surface area contributed by atoms with Gasteiger partial charge in [-0.1, -0.05) is 140 Å². The van der Waals surface area contributed by atoms with E-state index in [2.05, 4.69) is 203 Å². The number of hydrogen-bond donors (Lipinski definition) is 0. The molecule has 15 aromatic rings. The lowest BCUT2D eigenvalue weighted by molar-refractivity contribution is 1.17. The highest BCUT2D eigenvalue weighted by molar-refractivity contribution is 6.30. The first kappa shape index (κ1) is 34.8. The Balaban J connectivity index is 0.987. The van der Waals surface area contributed by atoms with Crippen molar-refractivity contribution >= 4 is 114 Å². The lowest BCUT2D eigenvalue weighted by Crippen LogP contribution is -2.12. The summed E-state index contributed by atoms with van der Waals surface area (Å²) in [6.45, 7) is 0. The van der Waals surface area contributed by atoms with Gasteiger partial charge in [-0.2, -0.15) is 0 Å². The van der Waals surface area contributed by atoms with Gasteiger partial charge in [-0.05, 0) is 122 Å². The molecule has 0 saturated carbocycles. The second kappa shape index (κ2) is 12.7. The third-order valence-electron chi connectivity index (χ3n) is 14.3. The zero-order valence-electron chi connectivity index (χ0n) is 35.0. The molecule has 0 bridgehead atoms. The van der Waals surface area contributed by atoms with Crippen molar-refractivity contribution in [2.45, 2.75) is 0 Å². The summed E-state index contributed by atoms with van der Waals surface area (Å²) in [6, 6.07) is 76.8. The molecule has 0 aliphatic rings. The summed E-state index contributed by atoms with van der Waals surface area (Å²) in [5, 5.41) is 17.4. The lowest BCUT2D eigenvalue weighted by atomic mass is 9.91. The number of para-hydroxylation sites is 4. The van der Waals surface area contributed by atoms with Gasteiger partial charge >= 0.3 is 0 Å². The van der Waals surface area contributed by atoms with Crippen LogP contribution in [0.1, 0.15) is 0 Å². The minimum Gasteiger partial charge on any atom is -0.309 e. The number of nitrogens with zero attached hydrogens (tertiary/aromatic N) is 3. The van der Waals surface area contributed by atoms with Crippen molar-refractivity contribution in [3.8, 4) is 22.5 Å². The highest BCUT2D eigenvalue weighted by Crippen LogP contribution is 2.44. The summed E-state index contributed by atoms with van der Waals surface area (Å²) in [5.74, 6) is 0. The van der Waals surface area contributed by atoms with Crippen LogP contribution in [0.5, 0.6) is 0 Å². The number of benzene rings is 11. The molecule has 0 radical (unpaired) electrons. The van der Waals surface area contributed by atoms with Crippen LogP contribution in [-0.4, -0.2) is 13.5 Å². The molecule has 0 unspecified atom stereocenters. The lowest BCUT2D eigenvalue weighted by Gasteiger charge is -2.15. The van der Waals surface area contributed by atoms with Gasteiger partial charge < -0.3 is 9.13 Å².